The zero-order chi connectivity index (χ0) is 14.8. The smallest absolute Gasteiger partial charge is 0.160 e. The highest BCUT2D eigenvalue weighted by molar-refractivity contribution is 5.50. The van der Waals surface area contributed by atoms with Crippen molar-refractivity contribution in [3.63, 3.8) is 0 Å². The number of hydrogen-bond donors (Lipinski definition) is 1. The number of rotatable bonds is 3. The highest BCUT2D eigenvalue weighted by Crippen LogP contribution is 2.20. The summed E-state index contributed by atoms with van der Waals surface area (Å²) in [5, 5.41) is 8.15. The third-order valence-electron chi connectivity index (χ3n) is 4.12. The Labute approximate surface area is 129 Å². The van der Waals surface area contributed by atoms with E-state index in [1.165, 1.54) is 5.69 Å². The van der Waals surface area contributed by atoms with Crippen molar-refractivity contribution in [1.82, 2.24) is 24.6 Å². The zero-order valence-corrected chi connectivity index (χ0v) is 12.6. The lowest BCUT2D eigenvalue weighted by molar-refractivity contribution is -0.0934. The summed E-state index contributed by atoms with van der Waals surface area (Å²) in [6, 6.07) is 2.13. The van der Waals surface area contributed by atoms with Crippen LogP contribution in [0.2, 0.25) is 0 Å². The lowest BCUT2D eigenvalue weighted by Crippen LogP contribution is -2.32. The van der Waals surface area contributed by atoms with Gasteiger partial charge in [-0.3, -0.25) is 4.68 Å². The van der Waals surface area contributed by atoms with Crippen LogP contribution in [0, 0.1) is 0 Å². The first-order chi connectivity index (χ1) is 10.9. The molecule has 2 aromatic heterocycles. The molecule has 2 aromatic rings. The van der Waals surface area contributed by atoms with Crippen molar-refractivity contribution in [2.45, 2.75) is 32.2 Å². The van der Waals surface area contributed by atoms with Crippen molar-refractivity contribution >= 4 is 0 Å². The second-order valence-electron chi connectivity index (χ2n) is 5.75. The third-order valence-corrected chi connectivity index (χ3v) is 4.12. The largest absolute Gasteiger partial charge is 0.376 e. The van der Waals surface area contributed by atoms with Crippen LogP contribution in [0.1, 0.15) is 12.1 Å². The summed E-state index contributed by atoms with van der Waals surface area (Å²) < 4.78 is 15.4. The van der Waals surface area contributed by atoms with Crippen molar-refractivity contribution in [3.05, 3.63) is 24.2 Å². The summed E-state index contributed by atoms with van der Waals surface area (Å²) in [5.41, 5.74) is 2.15. The number of nitrogens with one attached hydrogen (secondary N) is 1. The molecule has 0 saturated carbocycles. The van der Waals surface area contributed by atoms with E-state index in [9.17, 15) is 0 Å². The SMILES string of the molecule is c1cn(C[C@H]2COCCO2)c(-c2cc3n(n2)CCCNC3)n1. The van der Waals surface area contributed by atoms with Gasteiger partial charge < -0.3 is 19.4 Å². The Kier molecular flexibility index (Phi) is 3.92. The number of ether oxygens (including phenoxy) is 2. The number of nitrogens with zero attached hydrogens (tertiary/aromatic N) is 4. The molecule has 1 atom stereocenters. The normalized spacial score (nSPS) is 22.3. The standard InChI is InChI=1S/C15H21N5O2/c1-2-16-9-12-8-14(18-20(12)4-1)15-17-3-5-19(15)10-13-11-21-6-7-22-13/h3,5,8,13,16H,1-2,4,6-7,9-11H2/t13-/m0/s1. The Balaban J connectivity index is 1.56. The lowest BCUT2D eigenvalue weighted by atomic mass is 10.3. The van der Waals surface area contributed by atoms with Crippen LogP contribution in [-0.2, 0) is 29.1 Å². The summed E-state index contributed by atoms with van der Waals surface area (Å²) in [7, 11) is 0. The first kappa shape index (κ1) is 13.9. The van der Waals surface area contributed by atoms with Gasteiger partial charge in [0.25, 0.3) is 0 Å². The van der Waals surface area contributed by atoms with Crippen molar-refractivity contribution in [3.8, 4) is 11.5 Å². The molecule has 0 bridgehead atoms. The van der Waals surface area contributed by atoms with Gasteiger partial charge in [0.2, 0.25) is 0 Å². The molecule has 0 spiro atoms. The van der Waals surface area contributed by atoms with Crippen LogP contribution in [0.25, 0.3) is 11.5 Å². The zero-order valence-electron chi connectivity index (χ0n) is 12.6. The second-order valence-corrected chi connectivity index (χ2v) is 5.75. The molecule has 4 heterocycles. The van der Waals surface area contributed by atoms with E-state index in [0.717, 1.165) is 44.1 Å². The first-order valence-electron chi connectivity index (χ1n) is 7.88. The maximum atomic E-state index is 5.73. The fourth-order valence-electron chi connectivity index (χ4n) is 3.02. The van der Waals surface area contributed by atoms with E-state index in [-0.39, 0.29) is 6.10 Å². The van der Waals surface area contributed by atoms with Gasteiger partial charge in [0.1, 0.15) is 5.69 Å². The van der Waals surface area contributed by atoms with Gasteiger partial charge in [-0.15, -0.1) is 0 Å². The molecule has 7 heteroatoms. The number of aromatic nitrogens is 4. The second kappa shape index (κ2) is 6.20. The molecule has 0 amide bonds. The van der Waals surface area contributed by atoms with Crippen LogP contribution in [0.4, 0.5) is 0 Å². The number of fused-ring (bicyclic) bond motifs is 1. The average Bonchev–Trinajstić information content (AvgIpc) is 3.10. The Morgan fingerprint density at radius 1 is 1.36 bits per heavy atom. The molecule has 0 unspecified atom stereocenters. The van der Waals surface area contributed by atoms with Crippen molar-refractivity contribution in [2.75, 3.05) is 26.4 Å². The lowest BCUT2D eigenvalue weighted by Gasteiger charge is -2.23. The van der Waals surface area contributed by atoms with E-state index in [4.69, 9.17) is 14.6 Å². The minimum atomic E-state index is 0.0869. The van der Waals surface area contributed by atoms with Crippen molar-refractivity contribution in [2.24, 2.45) is 0 Å². The van der Waals surface area contributed by atoms with Gasteiger partial charge in [0.05, 0.1) is 38.2 Å². The van der Waals surface area contributed by atoms with Gasteiger partial charge in [-0.1, -0.05) is 0 Å². The average molecular weight is 303 g/mol. The summed E-state index contributed by atoms with van der Waals surface area (Å²) in [6.45, 7) is 5.62. The summed E-state index contributed by atoms with van der Waals surface area (Å²) in [6.07, 6.45) is 5.00. The van der Waals surface area contributed by atoms with E-state index in [2.05, 4.69) is 25.6 Å². The van der Waals surface area contributed by atoms with Gasteiger partial charge >= 0.3 is 0 Å². The maximum absolute atomic E-state index is 5.73. The van der Waals surface area contributed by atoms with Crippen molar-refractivity contribution < 1.29 is 9.47 Å². The minimum absolute atomic E-state index is 0.0869. The van der Waals surface area contributed by atoms with Gasteiger partial charge in [-0.2, -0.15) is 5.10 Å². The minimum Gasteiger partial charge on any atom is -0.376 e. The number of hydrogen-bond acceptors (Lipinski definition) is 5. The van der Waals surface area contributed by atoms with E-state index >= 15 is 0 Å². The summed E-state index contributed by atoms with van der Waals surface area (Å²) >= 11 is 0. The van der Waals surface area contributed by atoms with Crippen molar-refractivity contribution in [1.29, 1.82) is 0 Å². The van der Waals surface area contributed by atoms with E-state index in [0.29, 0.717) is 19.8 Å². The van der Waals surface area contributed by atoms with E-state index in [1.54, 1.807) is 0 Å². The molecule has 2 aliphatic rings. The van der Waals surface area contributed by atoms with Gasteiger partial charge in [0, 0.05) is 25.5 Å². The topological polar surface area (TPSA) is 66.1 Å². The van der Waals surface area contributed by atoms with Crippen LogP contribution in [0.15, 0.2) is 18.5 Å². The van der Waals surface area contributed by atoms with Crippen LogP contribution in [0.5, 0.6) is 0 Å². The molecular weight excluding hydrogens is 282 g/mol. The fourth-order valence-corrected chi connectivity index (χ4v) is 3.02. The predicted octanol–water partition coefficient (Wildman–Crippen LogP) is 0.655. The van der Waals surface area contributed by atoms with Gasteiger partial charge in [-0.25, -0.2) is 4.98 Å². The number of imidazole rings is 1. The van der Waals surface area contributed by atoms with E-state index in [1.807, 2.05) is 12.4 Å². The quantitative estimate of drug-likeness (QED) is 0.902. The Hall–Kier alpha value is -1.70. The fraction of sp³-hybridized carbons (Fsp3) is 0.600. The molecule has 1 fully saturated rings. The molecule has 1 N–H and O–H groups in total. The van der Waals surface area contributed by atoms with Crippen LogP contribution < -0.4 is 5.32 Å². The molecule has 22 heavy (non-hydrogen) atoms. The summed E-state index contributed by atoms with van der Waals surface area (Å²) in [5.74, 6) is 0.898. The van der Waals surface area contributed by atoms with Gasteiger partial charge in [0.15, 0.2) is 5.82 Å². The molecule has 1 saturated heterocycles. The van der Waals surface area contributed by atoms with Crippen LogP contribution >= 0.6 is 0 Å². The van der Waals surface area contributed by atoms with Gasteiger partial charge in [-0.05, 0) is 19.0 Å². The molecule has 0 aromatic carbocycles. The molecule has 0 radical (unpaired) electrons. The first-order valence-corrected chi connectivity index (χ1v) is 7.88. The molecule has 7 nitrogen and oxygen atoms in total. The van der Waals surface area contributed by atoms with Crippen LogP contribution in [-0.4, -0.2) is 51.8 Å². The highest BCUT2D eigenvalue weighted by atomic mass is 16.6. The molecule has 2 aliphatic heterocycles. The molecular formula is C15H21N5O2. The number of aryl methyl sites for hydroxylation is 1. The predicted molar refractivity (Wildman–Crippen MR) is 80.3 cm³/mol. The monoisotopic (exact) mass is 303 g/mol. The Morgan fingerprint density at radius 3 is 3.27 bits per heavy atom. The third kappa shape index (κ3) is 2.79. The van der Waals surface area contributed by atoms with Crippen LogP contribution in [0.3, 0.4) is 0 Å². The Bertz CT molecular complexity index is 606. The maximum Gasteiger partial charge on any atom is 0.160 e. The molecule has 118 valence electrons. The van der Waals surface area contributed by atoms with E-state index < -0.39 is 0 Å². The molecule has 4 rings (SSSR count). The molecule has 0 aliphatic carbocycles. The highest BCUT2D eigenvalue weighted by Gasteiger charge is 2.19. The summed E-state index contributed by atoms with van der Waals surface area (Å²) in [4.78, 5) is 4.49. The Morgan fingerprint density at radius 2 is 2.36 bits per heavy atom.